The van der Waals surface area contributed by atoms with E-state index in [-0.39, 0.29) is 0 Å². The molecular formula is C18H20N4O. The second kappa shape index (κ2) is 6.60. The highest BCUT2D eigenvalue weighted by Gasteiger charge is 2.15. The fourth-order valence-electron chi connectivity index (χ4n) is 2.46. The van der Waals surface area contributed by atoms with Gasteiger partial charge in [0.1, 0.15) is 0 Å². The van der Waals surface area contributed by atoms with E-state index >= 15 is 0 Å². The van der Waals surface area contributed by atoms with Crippen molar-refractivity contribution in [3.63, 3.8) is 0 Å². The Balaban J connectivity index is 2.08. The highest BCUT2D eigenvalue weighted by molar-refractivity contribution is 5.84. The minimum Gasteiger partial charge on any atom is -0.356 e. The van der Waals surface area contributed by atoms with Crippen LogP contribution in [-0.4, -0.2) is 20.5 Å². The van der Waals surface area contributed by atoms with E-state index in [0.29, 0.717) is 0 Å². The molecule has 0 N–H and O–H groups in total. The van der Waals surface area contributed by atoms with Crippen molar-refractivity contribution in [3.8, 4) is 5.75 Å². The minimum atomic E-state index is 0.736. The summed E-state index contributed by atoms with van der Waals surface area (Å²) in [5.41, 5.74) is 3.90. The van der Waals surface area contributed by atoms with Crippen LogP contribution in [0.25, 0.3) is 11.0 Å². The van der Waals surface area contributed by atoms with Gasteiger partial charge < -0.3 is 4.84 Å². The van der Waals surface area contributed by atoms with Gasteiger partial charge in [-0.2, -0.15) is 5.10 Å². The highest BCUT2D eigenvalue weighted by Crippen LogP contribution is 2.30. The fraction of sp³-hybridized carbons (Fsp3) is 0.278. The number of benzene rings is 1. The van der Waals surface area contributed by atoms with Crippen molar-refractivity contribution in [1.29, 1.82) is 0 Å². The predicted molar refractivity (Wildman–Crippen MR) is 91.9 cm³/mol. The van der Waals surface area contributed by atoms with Crippen LogP contribution in [-0.2, 0) is 13.0 Å². The first-order chi connectivity index (χ1) is 11.2. The number of pyridine rings is 1. The summed E-state index contributed by atoms with van der Waals surface area (Å²) < 4.78 is 1.86. The van der Waals surface area contributed by atoms with Gasteiger partial charge in [0.25, 0.3) is 0 Å². The van der Waals surface area contributed by atoms with Gasteiger partial charge in [0.05, 0.1) is 17.3 Å². The summed E-state index contributed by atoms with van der Waals surface area (Å²) in [7, 11) is 0. The summed E-state index contributed by atoms with van der Waals surface area (Å²) in [5, 5.41) is 9.40. The summed E-state index contributed by atoms with van der Waals surface area (Å²) in [5.74, 6) is 0.736. The van der Waals surface area contributed by atoms with Crippen LogP contribution in [0.1, 0.15) is 31.9 Å². The molecule has 0 aliphatic heterocycles. The monoisotopic (exact) mass is 308 g/mol. The zero-order valence-electron chi connectivity index (χ0n) is 13.7. The SMILES string of the molecule is CCn1ncc2c(ON=C(C)C)c(Cc3ccccc3)cnc21. The molecule has 23 heavy (non-hydrogen) atoms. The van der Waals surface area contributed by atoms with Crippen molar-refractivity contribution < 1.29 is 4.84 Å². The molecule has 0 unspecified atom stereocenters. The number of fused-ring (bicyclic) bond motifs is 1. The van der Waals surface area contributed by atoms with Crippen molar-refractivity contribution in [2.45, 2.75) is 33.7 Å². The zero-order valence-corrected chi connectivity index (χ0v) is 13.7. The van der Waals surface area contributed by atoms with E-state index in [1.165, 1.54) is 5.56 Å². The van der Waals surface area contributed by atoms with E-state index in [9.17, 15) is 0 Å². The molecule has 2 aromatic heterocycles. The Bertz CT molecular complexity index is 833. The Kier molecular flexibility index (Phi) is 4.37. The molecule has 0 saturated heterocycles. The van der Waals surface area contributed by atoms with Gasteiger partial charge in [-0.1, -0.05) is 35.5 Å². The largest absolute Gasteiger partial charge is 0.356 e. The van der Waals surface area contributed by atoms with E-state index in [0.717, 1.165) is 41.0 Å². The molecular weight excluding hydrogens is 288 g/mol. The van der Waals surface area contributed by atoms with Gasteiger partial charge in [-0.3, -0.25) is 0 Å². The smallest absolute Gasteiger partial charge is 0.175 e. The van der Waals surface area contributed by atoms with Crippen molar-refractivity contribution >= 4 is 16.7 Å². The van der Waals surface area contributed by atoms with Gasteiger partial charge in [-0.25, -0.2) is 9.67 Å². The van der Waals surface area contributed by atoms with Gasteiger partial charge >= 0.3 is 0 Å². The number of hydrogen-bond acceptors (Lipinski definition) is 4. The molecule has 1 aromatic carbocycles. The maximum Gasteiger partial charge on any atom is 0.175 e. The third kappa shape index (κ3) is 3.23. The maximum atomic E-state index is 5.74. The number of aryl methyl sites for hydroxylation is 1. The summed E-state index contributed by atoms with van der Waals surface area (Å²) in [4.78, 5) is 10.3. The normalized spacial score (nSPS) is 10.7. The first-order valence-corrected chi connectivity index (χ1v) is 7.74. The molecule has 0 atom stereocenters. The Labute approximate surface area is 135 Å². The molecule has 0 amide bonds. The van der Waals surface area contributed by atoms with Crippen molar-refractivity contribution in [3.05, 3.63) is 53.9 Å². The van der Waals surface area contributed by atoms with Crippen molar-refractivity contribution in [2.24, 2.45) is 5.16 Å². The summed E-state index contributed by atoms with van der Waals surface area (Å²) in [6, 6.07) is 10.3. The van der Waals surface area contributed by atoms with Gasteiger partial charge in [-0.05, 0) is 26.3 Å². The molecule has 0 aliphatic rings. The molecule has 0 saturated carbocycles. The topological polar surface area (TPSA) is 52.3 Å². The van der Waals surface area contributed by atoms with E-state index in [2.05, 4.69) is 27.4 Å². The van der Waals surface area contributed by atoms with Crippen molar-refractivity contribution in [2.75, 3.05) is 0 Å². The number of hydrogen-bond donors (Lipinski definition) is 0. The van der Waals surface area contributed by atoms with Crippen LogP contribution in [0, 0.1) is 0 Å². The van der Waals surface area contributed by atoms with E-state index in [4.69, 9.17) is 4.84 Å². The lowest BCUT2D eigenvalue weighted by Gasteiger charge is -2.09. The lowest BCUT2D eigenvalue weighted by molar-refractivity contribution is 0.341. The quantitative estimate of drug-likeness (QED) is 0.532. The van der Waals surface area contributed by atoms with Crippen LogP contribution in [0.15, 0.2) is 47.9 Å². The highest BCUT2D eigenvalue weighted by atomic mass is 16.6. The molecule has 3 rings (SSSR count). The second-order valence-electron chi connectivity index (χ2n) is 5.60. The number of aromatic nitrogens is 3. The maximum absolute atomic E-state index is 5.74. The lowest BCUT2D eigenvalue weighted by Crippen LogP contribution is -2.00. The number of rotatable bonds is 5. The average molecular weight is 308 g/mol. The minimum absolute atomic E-state index is 0.736. The summed E-state index contributed by atoms with van der Waals surface area (Å²) in [6.45, 7) is 6.63. The number of nitrogens with zero attached hydrogens (tertiary/aromatic N) is 4. The molecule has 0 radical (unpaired) electrons. The third-order valence-corrected chi connectivity index (χ3v) is 3.55. The molecule has 0 spiro atoms. The molecule has 0 bridgehead atoms. The van der Waals surface area contributed by atoms with E-state index in [1.54, 1.807) is 6.20 Å². The van der Waals surface area contributed by atoms with Gasteiger partial charge in [-0.15, -0.1) is 0 Å². The van der Waals surface area contributed by atoms with Crippen LogP contribution in [0.4, 0.5) is 0 Å². The fourth-order valence-corrected chi connectivity index (χ4v) is 2.46. The summed E-state index contributed by atoms with van der Waals surface area (Å²) in [6.07, 6.45) is 4.41. The van der Waals surface area contributed by atoms with Crippen LogP contribution in [0.2, 0.25) is 0 Å². The zero-order chi connectivity index (χ0) is 16.2. The van der Waals surface area contributed by atoms with Gasteiger partial charge in [0.15, 0.2) is 11.4 Å². The van der Waals surface area contributed by atoms with Gasteiger partial charge in [0.2, 0.25) is 0 Å². The molecule has 118 valence electrons. The van der Waals surface area contributed by atoms with Crippen LogP contribution >= 0.6 is 0 Å². The number of oxime groups is 1. The molecule has 5 heteroatoms. The molecule has 5 nitrogen and oxygen atoms in total. The van der Waals surface area contributed by atoms with Crippen LogP contribution in [0.3, 0.4) is 0 Å². The third-order valence-electron chi connectivity index (χ3n) is 3.55. The van der Waals surface area contributed by atoms with Crippen molar-refractivity contribution in [1.82, 2.24) is 14.8 Å². The van der Waals surface area contributed by atoms with Gasteiger partial charge in [0, 0.05) is 24.7 Å². The first-order valence-electron chi connectivity index (χ1n) is 7.74. The Morgan fingerprint density at radius 1 is 1.17 bits per heavy atom. The molecule has 0 fully saturated rings. The van der Waals surface area contributed by atoms with Crippen LogP contribution in [0.5, 0.6) is 5.75 Å². The van der Waals surface area contributed by atoms with E-state index in [1.807, 2.05) is 49.8 Å². The standard InChI is InChI=1S/C18H20N4O/c1-4-22-18-16(12-20-22)17(23-21-13(2)3)15(11-19-18)10-14-8-6-5-7-9-14/h5-9,11-12H,4,10H2,1-3H3. The van der Waals surface area contributed by atoms with E-state index < -0.39 is 0 Å². The Morgan fingerprint density at radius 3 is 2.65 bits per heavy atom. The lowest BCUT2D eigenvalue weighted by atomic mass is 10.1. The predicted octanol–water partition coefficient (Wildman–Crippen LogP) is 3.82. The Hall–Kier alpha value is -2.69. The second-order valence-corrected chi connectivity index (χ2v) is 5.60. The van der Waals surface area contributed by atoms with Crippen LogP contribution < -0.4 is 4.84 Å². The molecule has 2 heterocycles. The molecule has 0 aliphatic carbocycles. The Morgan fingerprint density at radius 2 is 1.96 bits per heavy atom. The average Bonchev–Trinajstić information content (AvgIpc) is 2.97. The first kappa shape index (κ1) is 15.2. The summed E-state index contributed by atoms with van der Waals surface area (Å²) >= 11 is 0. The molecule has 3 aromatic rings.